The zero-order chi connectivity index (χ0) is 25.9. The van der Waals surface area contributed by atoms with Gasteiger partial charge in [0.25, 0.3) is 11.7 Å². The first-order chi connectivity index (χ1) is 17.2. The molecule has 36 heavy (non-hydrogen) atoms. The predicted molar refractivity (Wildman–Crippen MR) is 124 cm³/mol. The van der Waals surface area contributed by atoms with Crippen LogP contribution in [0.3, 0.4) is 0 Å². The monoisotopic (exact) mass is 497 g/mol. The number of carbonyl (C=O) groups excluding carboxylic acids is 2. The molecule has 4 aromatic rings. The van der Waals surface area contributed by atoms with Crippen molar-refractivity contribution in [3.05, 3.63) is 78.1 Å². The molecule has 0 atom stereocenters. The lowest BCUT2D eigenvalue weighted by atomic mass is 10.1. The third kappa shape index (κ3) is 5.19. The molecule has 0 aliphatic heterocycles. The van der Waals surface area contributed by atoms with Crippen LogP contribution in [0, 0.1) is 0 Å². The van der Waals surface area contributed by atoms with Crippen LogP contribution in [0.5, 0.6) is 23.1 Å². The minimum Gasteiger partial charge on any atom is -0.493 e. The highest BCUT2D eigenvalue weighted by atomic mass is 19.4. The quantitative estimate of drug-likeness (QED) is 0.274. The van der Waals surface area contributed by atoms with E-state index in [0.717, 1.165) is 18.2 Å². The van der Waals surface area contributed by atoms with Gasteiger partial charge in [-0.05, 0) is 48.5 Å². The Balaban J connectivity index is 1.50. The Labute approximate surface area is 202 Å². The van der Waals surface area contributed by atoms with Crippen LogP contribution in [0.15, 0.2) is 67.0 Å². The second-order valence-corrected chi connectivity index (χ2v) is 7.39. The molecule has 4 rings (SSSR count). The summed E-state index contributed by atoms with van der Waals surface area (Å²) in [7, 11) is 3.00. The smallest absolute Gasteiger partial charge is 0.416 e. The highest BCUT2D eigenvalue weighted by Gasteiger charge is 2.30. The highest BCUT2D eigenvalue weighted by Crippen LogP contribution is 2.36. The van der Waals surface area contributed by atoms with Crippen LogP contribution in [-0.4, -0.2) is 35.9 Å². The van der Waals surface area contributed by atoms with Crippen LogP contribution in [0.2, 0.25) is 0 Å². The summed E-state index contributed by atoms with van der Waals surface area (Å²) in [5, 5.41) is 2.74. The largest absolute Gasteiger partial charge is 0.493 e. The Bertz CT molecular complexity index is 1440. The van der Waals surface area contributed by atoms with E-state index in [1.807, 2.05) is 0 Å². The molecule has 0 saturated heterocycles. The van der Waals surface area contributed by atoms with E-state index in [-0.39, 0.29) is 17.1 Å². The van der Waals surface area contributed by atoms with Gasteiger partial charge in [-0.1, -0.05) is 6.07 Å². The molecule has 0 aliphatic rings. The summed E-state index contributed by atoms with van der Waals surface area (Å²) in [5.74, 6) is -0.519. The molecule has 0 bridgehead atoms. The topological polar surface area (TPSA) is 99.6 Å². The van der Waals surface area contributed by atoms with Crippen molar-refractivity contribution in [2.45, 2.75) is 6.18 Å². The van der Waals surface area contributed by atoms with Crippen LogP contribution < -0.4 is 19.5 Å². The molecule has 1 N–H and O–H groups in total. The summed E-state index contributed by atoms with van der Waals surface area (Å²) in [6, 6.07) is 13.0. The highest BCUT2D eigenvalue weighted by molar-refractivity contribution is 6.46. The first-order valence-electron chi connectivity index (χ1n) is 10.4. The molecule has 0 radical (unpaired) electrons. The van der Waals surface area contributed by atoms with E-state index in [2.05, 4.69) is 15.3 Å². The fourth-order valence-corrected chi connectivity index (χ4v) is 3.32. The molecule has 0 aliphatic carbocycles. The molecule has 8 nitrogen and oxygen atoms in total. The van der Waals surface area contributed by atoms with Crippen molar-refractivity contribution >= 4 is 28.3 Å². The average Bonchev–Trinajstić information content (AvgIpc) is 2.87. The number of nitrogens with one attached hydrogen (secondary N) is 1. The number of rotatable bonds is 7. The van der Waals surface area contributed by atoms with Gasteiger partial charge in [-0.2, -0.15) is 13.2 Å². The fourth-order valence-electron chi connectivity index (χ4n) is 3.32. The number of anilines is 1. The number of amides is 1. The van der Waals surface area contributed by atoms with E-state index in [0.29, 0.717) is 28.2 Å². The van der Waals surface area contributed by atoms with Gasteiger partial charge in [0, 0.05) is 17.3 Å². The Kier molecular flexibility index (Phi) is 6.73. The van der Waals surface area contributed by atoms with Gasteiger partial charge in [0.2, 0.25) is 5.88 Å². The van der Waals surface area contributed by atoms with E-state index in [1.54, 1.807) is 12.1 Å². The van der Waals surface area contributed by atoms with E-state index in [1.165, 1.54) is 50.9 Å². The number of ketones is 1. The molecular formula is C25H18F3N3O5. The number of hydrogen-bond donors (Lipinski definition) is 1. The molecule has 3 aromatic carbocycles. The lowest BCUT2D eigenvalue weighted by molar-refractivity contribution is -0.137. The summed E-state index contributed by atoms with van der Waals surface area (Å²) in [6.45, 7) is 0. The number of ether oxygens (including phenoxy) is 3. The van der Waals surface area contributed by atoms with E-state index < -0.39 is 23.4 Å². The third-order valence-electron chi connectivity index (χ3n) is 5.09. The molecule has 1 amide bonds. The van der Waals surface area contributed by atoms with Crippen molar-refractivity contribution in [1.82, 2.24) is 9.97 Å². The zero-order valence-electron chi connectivity index (χ0n) is 18.9. The lowest BCUT2D eigenvalue weighted by Crippen LogP contribution is -2.23. The lowest BCUT2D eigenvalue weighted by Gasteiger charge is -2.12. The summed E-state index contributed by atoms with van der Waals surface area (Å²) < 4.78 is 55.0. The van der Waals surface area contributed by atoms with Gasteiger partial charge in [-0.25, -0.2) is 9.97 Å². The van der Waals surface area contributed by atoms with Crippen LogP contribution in [-0.2, 0) is 11.0 Å². The minimum atomic E-state index is -4.58. The second-order valence-electron chi connectivity index (χ2n) is 7.39. The molecule has 0 spiro atoms. The standard InChI is InChI=1S/C25H18F3N3O5/c1-34-20-11-18-19(12-21(20)35-2)29-13-30-24(18)36-17-8-6-14(7-9-17)22(32)23(33)31-16-5-3-4-15(10-16)25(26,27)28/h3-13H,1-2H3,(H,31,33). The van der Waals surface area contributed by atoms with Crippen molar-refractivity contribution in [3.8, 4) is 23.1 Å². The Hall–Kier alpha value is -4.67. The number of Topliss-reactive ketones (excluding diaryl/α,β-unsaturated/α-hetero) is 1. The van der Waals surface area contributed by atoms with Crippen LogP contribution in [0.4, 0.5) is 18.9 Å². The van der Waals surface area contributed by atoms with Gasteiger partial charge in [-0.3, -0.25) is 9.59 Å². The first-order valence-corrected chi connectivity index (χ1v) is 10.4. The molecule has 0 saturated carbocycles. The van der Waals surface area contributed by atoms with Crippen molar-refractivity contribution < 1.29 is 37.0 Å². The normalized spacial score (nSPS) is 11.1. The zero-order valence-corrected chi connectivity index (χ0v) is 18.9. The van der Waals surface area contributed by atoms with Gasteiger partial charge in [0.05, 0.1) is 30.7 Å². The SMILES string of the molecule is COc1cc2ncnc(Oc3ccc(C(=O)C(=O)Nc4cccc(C(F)(F)F)c4)cc3)c2cc1OC. The minimum absolute atomic E-state index is 0.0192. The van der Waals surface area contributed by atoms with Crippen LogP contribution in [0.25, 0.3) is 10.9 Å². The Morgan fingerprint density at radius 1 is 0.889 bits per heavy atom. The number of aromatic nitrogens is 2. The maximum absolute atomic E-state index is 12.9. The summed E-state index contributed by atoms with van der Waals surface area (Å²) in [4.78, 5) is 33.1. The summed E-state index contributed by atoms with van der Waals surface area (Å²) in [6.07, 6.45) is -3.26. The van der Waals surface area contributed by atoms with Gasteiger partial charge >= 0.3 is 6.18 Å². The maximum Gasteiger partial charge on any atom is 0.416 e. The molecule has 11 heteroatoms. The maximum atomic E-state index is 12.9. The number of hydrogen-bond acceptors (Lipinski definition) is 7. The van der Waals surface area contributed by atoms with Crippen molar-refractivity contribution in [3.63, 3.8) is 0 Å². The van der Waals surface area contributed by atoms with Gasteiger partial charge < -0.3 is 19.5 Å². The molecule has 0 unspecified atom stereocenters. The fraction of sp³-hybridized carbons (Fsp3) is 0.120. The number of carbonyl (C=O) groups is 2. The number of fused-ring (bicyclic) bond motifs is 1. The number of halogens is 3. The van der Waals surface area contributed by atoms with Gasteiger partial charge in [0.15, 0.2) is 11.5 Å². The van der Waals surface area contributed by atoms with Gasteiger partial charge in [0.1, 0.15) is 12.1 Å². The first kappa shape index (κ1) is 24.5. The van der Waals surface area contributed by atoms with E-state index in [9.17, 15) is 22.8 Å². The van der Waals surface area contributed by atoms with Gasteiger partial charge in [-0.15, -0.1) is 0 Å². The van der Waals surface area contributed by atoms with E-state index in [4.69, 9.17) is 14.2 Å². The number of nitrogens with zero attached hydrogens (tertiary/aromatic N) is 2. The van der Waals surface area contributed by atoms with Crippen LogP contribution >= 0.6 is 0 Å². The molecule has 1 heterocycles. The van der Waals surface area contributed by atoms with E-state index >= 15 is 0 Å². The average molecular weight is 497 g/mol. The molecule has 1 aromatic heterocycles. The number of alkyl halides is 3. The Morgan fingerprint density at radius 2 is 1.58 bits per heavy atom. The number of benzene rings is 3. The van der Waals surface area contributed by atoms with Crippen LogP contribution in [0.1, 0.15) is 15.9 Å². The van der Waals surface area contributed by atoms with Crippen molar-refractivity contribution in [1.29, 1.82) is 0 Å². The number of methoxy groups -OCH3 is 2. The summed E-state index contributed by atoms with van der Waals surface area (Å²) in [5.41, 5.74) is -0.519. The Morgan fingerprint density at radius 3 is 2.25 bits per heavy atom. The van der Waals surface area contributed by atoms with Crippen molar-refractivity contribution in [2.24, 2.45) is 0 Å². The summed E-state index contributed by atoms with van der Waals surface area (Å²) >= 11 is 0. The molecular weight excluding hydrogens is 479 g/mol. The second kappa shape index (κ2) is 9.90. The predicted octanol–water partition coefficient (Wildman–Crippen LogP) is 5.28. The van der Waals surface area contributed by atoms with Crippen molar-refractivity contribution in [2.75, 3.05) is 19.5 Å². The molecule has 0 fully saturated rings. The third-order valence-corrected chi connectivity index (χ3v) is 5.09. The molecule has 184 valence electrons.